The van der Waals surface area contributed by atoms with Gasteiger partial charge in [0, 0.05) is 24.8 Å². The summed E-state index contributed by atoms with van der Waals surface area (Å²) < 4.78 is 0. The summed E-state index contributed by atoms with van der Waals surface area (Å²) in [4.78, 5) is 6.92. The standard InChI is InChI=1S/C16H27N3/c1-6-8-17-12-15-10-14(5)18-16(11-15)19(9-7-2)13(3)4/h7,10-11,13,17H,2,6,8-9,12H2,1,3-5H3. The molecule has 1 N–H and O–H groups in total. The molecule has 0 unspecified atom stereocenters. The average Bonchev–Trinajstić information content (AvgIpc) is 2.35. The highest BCUT2D eigenvalue weighted by molar-refractivity contribution is 5.44. The van der Waals surface area contributed by atoms with E-state index in [1.54, 1.807) is 0 Å². The summed E-state index contributed by atoms with van der Waals surface area (Å²) in [5.74, 6) is 1.04. The lowest BCUT2D eigenvalue weighted by Crippen LogP contribution is -2.31. The number of hydrogen-bond donors (Lipinski definition) is 1. The topological polar surface area (TPSA) is 28.2 Å². The van der Waals surface area contributed by atoms with E-state index in [0.717, 1.165) is 37.6 Å². The Bertz CT molecular complexity index is 399. The fourth-order valence-corrected chi connectivity index (χ4v) is 2.09. The van der Waals surface area contributed by atoms with Gasteiger partial charge >= 0.3 is 0 Å². The van der Waals surface area contributed by atoms with Crippen molar-refractivity contribution in [3.8, 4) is 0 Å². The van der Waals surface area contributed by atoms with Crippen molar-refractivity contribution in [2.75, 3.05) is 18.0 Å². The van der Waals surface area contributed by atoms with Crippen LogP contribution in [0.3, 0.4) is 0 Å². The van der Waals surface area contributed by atoms with Crippen molar-refractivity contribution in [1.82, 2.24) is 10.3 Å². The van der Waals surface area contributed by atoms with Crippen LogP contribution in [0.5, 0.6) is 0 Å². The maximum Gasteiger partial charge on any atom is 0.129 e. The van der Waals surface area contributed by atoms with Gasteiger partial charge in [-0.3, -0.25) is 0 Å². The summed E-state index contributed by atoms with van der Waals surface area (Å²) in [6.07, 6.45) is 3.09. The third-order valence-electron chi connectivity index (χ3n) is 3.00. The Balaban J connectivity index is 2.90. The number of hydrogen-bond acceptors (Lipinski definition) is 3. The van der Waals surface area contributed by atoms with Gasteiger partial charge in [-0.1, -0.05) is 13.0 Å². The lowest BCUT2D eigenvalue weighted by Gasteiger charge is -2.27. The fraction of sp³-hybridized carbons (Fsp3) is 0.562. The highest BCUT2D eigenvalue weighted by Crippen LogP contribution is 2.17. The van der Waals surface area contributed by atoms with E-state index in [2.05, 4.69) is 61.6 Å². The van der Waals surface area contributed by atoms with Gasteiger partial charge in [-0.05, 0) is 51.4 Å². The molecule has 0 saturated heterocycles. The maximum absolute atomic E-state index is 4.65. The largest absolute Gasteiger partial charge is 0.350 e. The molecule has 0 aliphatic carbocycles. The SMILES string of the molecule is C=CCN(c1cc(CNCCC)cc(C)n1)C(C)C. The van der Waals surface area contributed by atoms with Crippen molar-refractivity contribution >= 4 is 5.82 Å². The predicted octanol–water partition coefficient (Wildman–Crippen LogP) is 3.29. The van der Waals surface area contributed by atoms with E-state index in [1.807, 2.05) is 6.08 Å². The summed E-state index contributed by atoms with van der Waals surface area (Å²) in [5, 5.41) is 3.44. The molecule has 1 heterocycles. The van der Waals surface area contributed by atoms with E-state index in [-0.39, 0.29) is 0 Å². The number of aromatic nitrogens is 1. The predicted molar refractivity (Wildman–Crippen MR) is 83.7 cm³/mol. The van der Waals surface area contributed by atoms with Gasteiger partial charge in [0.25, 0.3) is 0 Å². The third-order valence-corrected chi connectivity index (χ3v) is 3.00. The Morgan fingerprint density at radius 2 is 2.16 bits per heavy atom. The van der Waals surface area contributed by atoms with E-state index in [0.29, 0.717) is 6.04 Å². The van der Waals surface area contributed by atoms with Crippen molar-refractivity contribution < 1.29 is 0 Å². The molecule has 3 heteroatoms. The molecule has 0 amide bonds. The average molecular weight is 261 g/mol. The van der Waals surface area contributed by atoms with Crippen LogP contribution in [0.2, 0.25) is 0 Å². The van der Waals surface area contributed by atoms with Gasteiger partial charge in [0.2, 0.25) is 0 Å². The second-order valence-electron chi connectivity index (χ2n) is 5.19. The first kappa shape index (κ1) is 15.7. The lowest BCUT2D eigenvalue weighted by atomic mass is 10.2. The number of nitrogens with zero attached hydrogens (tertiary/aromatic N) is 2. The minimum atomic E-state index is 0.420. The van der Waals surface area contributed by atoms with Crippen LogP contribution in [0.25, 0.3) is 0 Å². The zero-order valence-electron chi connectivity index (χ0n) is 12.7. The number of nitrogens with one attached hydrogen (secondary N) is 1. The second kappa shape index (κ2) is 7.95. The van der Waals surface area contributed by atoms with Gasteiger partial charge in [0.1, 0.15) is 5.82 Å². The molecule has 0 aliphatic rings. The van der Waals surface area contributed by atoms with Crippen LogP contribution in [0.15, 0.2) is 24.8 Å². The second-order valence-corrected chi connectivity index (χ2v) is 5.19. The molecule has 0 aromatic carbocycles. The van der Waals surface area contributed by atoms with Crippen molar-refractivity contribution in [2.45, 2.75) is 46.7 Å². The molecule has 0 bridgehead atoms. The van der Waals surface area contributed by atoms with Crippen LogP contribution >= 0.6 is 0 Å². The summed E-state index contributed by atoms with van der Waals surface area (Å²) in [6, 6.07) is 4.75. The van der Waals surface area contributed by atoms with E-state index in [1.165, 1.54) is 5.56 Å². The monoisotopic (exact) mass is 261 g/mol. The first-order valence-electron chi connectivity index (χ1n) is 7.14. The van der Waals surface area contributed by atoms with Crippen LogP contribution in [-0.2, 0) is 6.54 Å². The van der Waals surface area contributed by atoms with Crippen molar-refractivity contribution in [3.63, 3.8) is 0 Å². The third kappa shape index (κ3) is 5.03. The highest BCUT2D eigenvalue weighted by Gasteiger charge is 2.11. The quantitative estimate of drug-likeness (QED) is 0.575. The summed E-state index contributed by atoms with van der Waals surface area (Å²) in [5.41, 5.74) is 2.37. The van der Waals surface area contributed by atoms with Crippen LogP contribution in [0.1, 0.15) is 38.4 Å². The normalized spacial score (nSPS) is 10.8. The Morgan fingerprint density at radius 1 is 1.42 bits per heavy atom. The van der Waals surface area contributed by atoms with Gasteiger partial charge in [-0.15, -0.1) is 6.58 Å². The fourth-order valence-electron chi connectivity index (χ4n) is 2.09. The molecular weight excluding hydrogens is 234 g/mol. The van der Waals surface area contributed by atoms with E-state index < -0.39 is 0 Å². The molecule has 1 aromatic rings. The van der Waals surface area contributed by atoms with Gasteiger partial charge in [0.15, 0.2) is 0 Å². The van der Waals surface area contributed by atoms with Gasteiger partial charge in [-0.2, -0.15) is 0 Å². The Labute approximate surface area is 117 Å². The Hall–Kier alpha value is -1.35. The van der Waals surface area contributed by atoms with Gasteiger partial charge in [0.05, 0.1) is 0 Å². The number of aryl methyl sites for hydroxylation is 1. The molecular formula is C16H27N3. The zero-order chi connectivity index (χ0) is 14.3. The first-order valence-corrected chi connectivity index (χ1v) is 7.14. The van der Waals surface area contributed by atoms with Crippen LogP contribution in [0.4, 0.5) is 5.82 Å². The van der Waals surface area contributed by atoms with Crippen LogP contribution < -0.4 is 10.2 Å². The number of pyridine rings is 1. The first-order chi connectivity index (χ1) is 9.08. The van der Waals surface area contributed by atoms with Crippen molar-refractivity contribution in [2.24, 2.45) is 0 Å². The molecule has 106 valence electrons. The summed E-state index contributed by atoms with van der Waals surface area (Å²) in [6.45, 7) is 15.2. The molecule has 0 spiro atoms. The molecule has 1 rings (SSSR count). The van der Waals surface area contributed by atoms with Crippen molar-refractivity contribution in [1.29, 1.82) is 0 Å². The molecule has 0 saturated carbocycles. The van der Waals surface area contributed by atoms with Crippen LogP contribution in [0, 0.1) is 6.92 Å². The molecule has 0 aliphatic heterocycles. The molecule has 0 radical (unpaired) electrons. The molecule has 3 nitrogen and oxygen atoms in total. The molecule has 0 atom stereocenters. The zero-order valence-corrected chi connectivity index (χ0v) is 12.7. The number of anilines is 1. The lowest BCUT2D eigenvalue weighted by molar-refractivity contribution is 0.671. The highest BCUT2D eigenvalue weighted by atomic mass is 15.2. The number of rotatable bonds is 8. The Kier molecular flexibility index (Phi) is 6.57. The minimum Gasteiger partial charge on any atom is -0.350 e. The summed E-state index contributed by atoms with van der Waals surface area (Å²) in [7, 11) is 0. The molecule has 1 aromatic heterocycles. The van der Waals surface area contributed by atoms with Gasteiger partial charge in [-0.25, -0.2) is 4.98 Å². The maximum atomic E-state index is 4.65. The minimum absolute atomic E-state index is 0.420. The van der Waals surface area contributed by atoms with Gasteiger partial charge < -0.3 is 10.2 Å². The van der Waals surface area contributed by atoms with E-state index in [4.69, 9.17) is 0 Å². The smallest absolute Gasteiger partial charge is 0.129 e. The van der Waals surface area contributed by atoms with E-state index in [9.17, 15) is 0 Å². The molecule has 0 fully saturated rings. The van der Waals surface area contributed by atoms with E-state index >= 15 is 0 Å². The van der Waals surface area contributed by atoms with Crippen LogP contribution in [-0.4, -0.2) is 24.1 Å². The Morgan fingerprint density at radius 3 is 2.74 bits per heavy atom. The molecule has 19 heavy (non-hydrogen) atoms. The summed E-state index contributed by atoms with van der Waals surface area (Å²) >= 11 is 0. The van der Waals surface area contributed by atoms with Crippen molar-refractivity contribution in [3.05, 3.63) is 36.0 Å².